The molecule has 1 heterocycles. The van der Waals surface area contributed by atoms with Gasteiger partial charge in [0.1, 0.15) is 11.4 Å². The first-order valence-corrected chi connectivity index (χ1v) is 10.6. The van der Waals surface area contributed by atoms with E-state index in [9.17, 15) is 4.79 Å². The van der Waals surface area contributed by atoms with E-state index in [1.54, 1.807) is 45.3 Å². The van der Waals surface area contributed by atoms with Gasteiger partial charge in [0.25, 0.3) is 0 Å². The molecule has 0 radical (unpaired) electrons. The molecule has 0 atom stereocenters. The van der Waals surface area contributed by atoms with Gasteiger partial charge in [-0.1, -0.05) is 17.8 Å². The molecule has 3 rings (SSSR count). The average Bonchev–Trinajstić information content (AvgIpc) is 3.29. The molecule has 0 unspecified atom stereocenters. The second-order valence-corrected chi connectivity index (χ2v) is 7.59. The summed E-state index contributed by atoms with van der Waals surface area (Å²) in [6.07, 6.45) is 0. The van der Waals surface area contributed by atoms with E-state index in [0.717, 1.165) is 11.1 Å². The maximum Gasteiger partial charge on any atom is 0.230 e. The van der Waals surface area contributed by atoms with Gasteiger partial charge in [-0.25, -0.2) is 0 Å². The van der Waals surface area contributed by atoms with Gasteiger partial charge in [0.05, 0.1) is 34.2 Å². The van der Waals surface area contributed by atoms with E-state index < -0.39 is 0 Å². The van der Waals surface area contributed by atoms with E-state index in [0.29, 0.717) is 40.4 Å². The van der Waals surface area contributed by atoms with E-state index in [2.05, 4.69) is 20.8 Å². The van der Waals surface area contributed by atoms with E-state index >= 15 is 0 Å². The molecule has 0 saturated heterocycles. The van der Waals surface area contributed by atoms with Gasteiger partial charge in [0.15, 0.2) is 11.5 Å². The Morgan fingerprint density at radius 3 is 2.31 bits per heavy atom. The Balaban J connectivity index is 1.65. The predicted molar refractivity (Wildman–Crippen MR) is 119 cm³/mol. The van der Waals surface area contributed by atoms with Crippen LogP contribution in [-0.2, 0) is 11.3 Å². The van der Waals surface area contributed by atoms with Crippen molar-refractivity contribution in [3.05, 3.63) is 41.5 Å². The molecular weight excluding hydrogens is 434 g/mol. The molecule has 2 aromatic carbocycles. The molecule has 0 saturated carbocycles. The van der Waals surface area contributed by atoms with Crippen molar-refractivity contribution >= 4 is 17.7 Å². The number of hydrogen-bond acceptors (Lipinski definition) is 9. The monoisotopic (exact) mass is 459 g/mol. The molecule has 1 amide bonds. The number of thioether (sulfide) groups is 1. The van der Waals surface area contributed by atoms with Crippen LogP contribution in [-0.4, -0.2) is 60.3 Å². The number of rotatable bonds is 10. The van der Waals surface area contributed by atoms with Crippen molar-refractivity contribution in [1.82, 2.24) is 25.5 Å². The Morgan fingerprint density at radius 1 is 1.00 bits per heavy atom. The fourth-order valence-electron chi connectivity index (χ4n) is 3.00. The second-order valence-electron chi connectivity index (χ2n) is 6.65. The van der Waals surface area contributed by atoms with Crippen molar-refractivity contribution in [1.29, 1.82) is 0 Å². The minimum Gasteiger partial charge on any atom is -0.494 e. The number of aryl methyl sites for hydroxylation is 1. The first-order valence-electron chi connectivity index (χ1n) is 9.62. The molecule has 32 heavy (non-hydrogen) atoms. The van der Waals surface area contributed by atoms with Crippen LogP contribution in [0, 0.1) is 6.92 Å². The fourth-order valence-corrected chi connectivity index (χ4v) is 3.72. The van der Waals surface area contributed by atoms with E-state index in [1.807, 2.05) is 25.1 Å². The maximum absolute atomic E-state index is 12.4. The molecule has 0 aliphatic rings. The number of aromatic nitrogens is 4. The van der Waals surface area contributed by atoms with Crippen molar-refractivity contribution in [2.75, 3.05) is 34.2 Å². The van der Waals surface area contributed by atoms with Crippen LogP contribution in [0.2, 0.25) is 0 Å². The highest BCUT2D eigenvalue weighted by atomic mass is 32.2. The van der Waals surface area contributed by atoms with Crippen molar-refractivity contribution in [2.45, 2.75) is 18.6 Å². The van der Waals surface area contributed by atoms with Gasteiger partial charge in [0.2, 0.25) is 16.8 Å². The van der Waals surface area contributed by atoms with Crippen LogP contribution >= 0.6 is 11.8 Å². The molecule has 170 valence electrons. The third-order valence-corrected chi connectivity index (χ3v) is 5.47. The number of tetrazole rings is 1. The van der Waals surface area contributed by atoms with Gasteiger partial charge >= 0.3 is 0 Å². The van der Waals surface area contributed by atoms with Crippen LogP contribution in [0.25, 0.3) is 5.69 Å². The smallest absolute Gasteiger partial charge is 0.230 e. The van der Waals surface area contributed by atoms with Gasteiger partial charge in [-0.3, -0.25) is 4.79 Å². The Morgan fingerprint density at radius 2 is 1.69 bits per heavy atom. The van der Waals surface area contributed by atoms with Gasteiger partial charge in [-0.15, -0.1) is 5.10 Å². The number of benzene rings is 2. The summed E-state index contributed by atoms with van der Waals surface area (Å²) in [5.41, 5.74) is 2.56. The molecule has 11 heteroatoms. The van der Waals surface area contributed by atoms with Crippen molar-refractivity contribution in [2.24, 2.45) is 0 Å². The summed E-state index contributed by atoms with van der Waals surface area (Å²) in [5.74, 6) is 2.15. The van der Waals surface area contributed by atoms with Gasteiger partial charge < -0.3 is 24.3 Å². The van der Waals surface area contributed by atoms with Gasteiger partial charge in [-0.05, 0) is 52.7 Å². The Labute approximate surface area is 190 Å². The van der Waals surface area contributed by atoms with Crippen LogP contribution in [0.4, 0.5) is 0 Å². The normalized spacial score (nSPS) is 10.5. The zero-order chi connectivity index (χ0) is 23.1. The molecule has 0 fully saturated rings. The SMILES string of the molecule is COc1ccc(C)cc1-n1nnnc1SCC(=O)NCc1cc(OC)c(OC)c(OC)c1. The van der Waals surface area contributed by atoms with Crippen molar-refractivity contribution < 1.29 is 23.7 Å². The number of nitrogens with zero attached hydrogens (tertiary/aromatic N) is 4. The number of methoxy groups -OCH3 is 4. The number of nitrogens with one attached hydrogen (secondary N) is 1. The number of amides is 1. The Kier molecular flexibility index (Phi) is 7.77. The summed E-state index contributed by atoms with van der Waals surface area (Å²) in [6, 6.07) is 9.30. The third-order valence-electron chi connectivity index (χ3n) is 4.55. The van der Waals surface area contributed by atoms with Crippen LogP contribution in [0.5, 0.6) is 23.0 Å². The highest BCUT2D eigenvalue weighted by Gasteiger charge is 2.16. The quantitative estimate of drug-likeness (QED) is 0.457. The lowest BCUT2D eigenvalue weighted by atomic mass is 10.2. The van der Waals surface area contributed by atoms with Gasteiger partial charge in [-0.2, -0.15) is 4.68 Å². The van der Waals surface area contributed by atoms with Crippen molar-refractivity contribution in [3.8, 4) is 28.7 Å². The van der Waals surface area contributed by atoms with E-state index in [1.165, 1.54) is 11.8 Å². The van der Waals surface area contributed by atoms with Crippen LogP contribution < -0.4 is 24.3 Å². The topological polar surface area (TPSA) is 110 Å². The van der Waals surface area contributed by atoms with E-state index in [-0.39, 0.29) is 11.7 Å². The summed E-state index contributed by atoms with van der Waals surface area (Å²) >= 11 is 1.23. The maximum atomic E-state index is 12.4. The average molecular weight is 460 g/mol. The van der Waals surface area contributed by atoms with Crippen molar-refractivity contribution in [3.63, 3.8) is 0 Å². The minimum absolute atomic E-state index is 0.138. The zero-order valence-corrected chi connectivity index (χ0v) is 19.4. The molecule has 0 aliphatic heterocycles. The standard InChI is InChI=1S/C21H25N5O5S/c1-13-6-7-16(28-2)15(8-13)26-21(23-24-25-26)32-12-19(27)22-11-14-9-17(29-3)20(31-5)18(10-14)30-4/h6-10H,11-12H2,1-5H3,(H,22,27). The zero-order valence-electron chi connectivity index (χ0n) is 18.5. The fraction of sp³-hybridized carbons (Fsp3) is 0.333. The highest BCUT2D eigenvalue weighted by Crippen LogP contribution is 2.38. The lowest BCUT2D eigenvalue weighted by Gasteiger charge is -2.14. The summed E-state index contributed by atoms with van der Waals surface area (Å²) in [6.45, 7) is 2.27. The summed E-state index contributed by atoms with van der Waals surface area (Å²) in [7, 11) is 6.22. The molecule has 10 nitrogen and oxygen atoms in total. The molecule has 1 N–H and O–H groups in total. The molecule has 0 aliphatic carbocycles. The largest absolute Gasteiger partial charge is 0.494 e. The number of ether oxygens (including phenoxy) is 4. The molecule has 0 spiro atoms. The molecule has 0 bridgehead atoms. The highest BCUT2D eigenvalue weighted by molar-refractivity contribution is 7.99. The summed E-state index contributed by atoms with van der Waals surface area (Å²) in [5, 5.41) is 15.2. The Bertz CT molecular complexity index is 1060. The summed E-state index contributed by atoms with van der Waals surface area (Å²) in [4.78, 5) is 12.4. The molecule has 1 aromatic heterocycles. The lowest BCUT2D eigenvalue weighted by Crippen LogP contribution is -2.24. The van der Waals surface area contributed by atoms with Crippen LogP contribution in [0.3, 0.4) is 0 Å². The first kappa shape index (κ1) is 23.2. The van der Waals surface area contributed by atoms with Crippen LogP contribution in [0.1, 0.15) is 11.1 Å². The van der Waals surface area contributed by atoms with Crippen LogP contribution in [0.15, 0.2) is 35.5 Å². The number of carbonyl (C=O) groups is 1. The lowest BCUT2D eigenvalue weighted by molar-refractivity contribution is -0.118. The van der Waals surface area contributed by atoms with E-state index in [4.69, 9.17) is 18.9 Å². The van der Waals surface area contributed by atoms with Gasteiger partial charge in [0, 0.05) is 6.54 Å². The Hall–Kier alpha value is -3.47. The molecular formula is C21H25N5O5S. The number of hydrogen-bond donors (Lipinski definition) is 1. The first-order chi connectivity index (χ1) is 15.5. The minimum atomic E-state index is -0.172. The third kappa shape index (κ3) is 5.22. The predicted octanol–water partition coefficient (Wildman–Crippen LogP) is 2.41. The number of carbonyl (C=O) groups excluding carboxylic acids is 1. The summed E-state index contributed by atoms with van der Waals surface area (Å²) < 4.78 is 23.0. The second kappa shape index (κ2) is 10.7. The molecule has 3 aromatic rings.